The largest absolute Gasteiger partial charge is 0.472 e. The van der Waals surface area contributed by atoms with E-state index in [-0.39, 0.29) is 25.7 Å². The Morgan fingerprint density at radius 3 is 0.844 bits per heavy atom. The van der Waals surface area contributed by atoms with Gasteiger partial charge in [-0.25, -0.2) is 9.13 Å². The SMILES string of the molecule is CCCCCCCCCCCC(=O)OC[C@H](COP(=O)(O)OC[C@H](O)COP(=O)(O)OC[C@@H](COC(=O)CCCCCCCCCC(C)C)OC(=O)CCCCCCCCCCCCCCCCCCCCC(C)CC)OC(=O)CCCCCCCCCCC. The molecule has 0 aliphatic carbocycles. The van der Waals surface area contributed by atoms with E-state index in [2.05, 4.69) is 41.5 Å². The van der Waals surface area contributed by atoms with Crippen molar-refractivity contribution in [1.82, 2.24) is 0 Å². The van der Waals surface area contributed by atoms with Crippen molar-refractivity contribution in [2.24, 2.45) is 11.8 Å². The molecule has 0 aromatic carbocycles. The highest BCUT2D eigenvalue weighted by atomic mass is 31.2. The van der Waals surface area contributed by atoms with Crippen molar-refractivity contribution in [2.75, 3.05) is 39.6 Å². The highest BCUT2D eigenvalue weighted by molar-refractivity contribution is 7.47. The molecule has 0 aliphatic rings. The number of phosphoric ester groups is 2. The number of phosphoric acid groups is 2. The molecule has 17 nitrogen and oxygen atoms in total. The van der Waals surface area contributed by atoms with E-state index in [1.54, 1.807) is 0 Å². The van der Waals surface area contributed by atoms with Crippen molar-refractivity contribution in [3.05, 3.63) is 0 Å². The molecule has 19 heteroatoms. The number of aliphatic hydroxyl groups is 1. The van der Waals surface area contributed by atoms with E-state index >= 15 is 0 Å². The van der Waals surface area contributed by atoms with Crippen molar-refractivity contribution in [3.8, 4) is 0 Å². The molecule has 0 aliphatic heterocycles. The first kappa shape index (κ1) is 88.1. The average Bonchev–Trinajstić information content (AvgIpc) is 2.14. The summed E-state index contributed by atoms with van der Waals surface area (Å²) in [5, 5.41) is 10.6. The first-order chi connectivity index (χ1) is 43.4. The zero-order valence-electron chi connectivity index (χ0n) is 58.4. The van der Waals surface area contributed by atoms with Crippen molar-refractivity contribution in [1.29, 1.82) is 0 Å². The summed E-state index contributed by atoms with van der Waals surface area (Å²) in [6, 6.07) is 0. The minimum absolute atomic E-state index is 0.106. The molecule has 0 radical (unpaired) electrons. The molecule has 0 spiro atoms. The zero-order valence-corrected chi connectivity index (χ0v) is 60.2. The number of ether oxygens (including phenoxy) is 4. The zero-order chi connectivity index (χ0) is 66.5. The summed E-state index contributed by atoms with van der Waals surface area (Å²) in [5.74, 6) is -0.552. The first-order valence-electron chi connectivity index (χ1n) is 37.0. The molecule has 6 atom stereocenters. The molecule has 0 fully saturated rings. The van der Waals surface area contributed by atoms with Gasteiger partial charge in [-0.3, -0.25) is 37.3 Å². The Labute approximate surface area is 549 Å². The van der Waals surface area contributed by atoms with Crippen LogP contribution >= 0.6 is 15.6 Å². The predicted octanol–water partition coefficient (Wildman–Crippen LogP) is 20.4. The Morgan fingerprint density at radius 1 is 0.322 bits per heavy atom. The maximum Gasteiger partial charge on any atom is 0.472 e. The molecule has 0 saturated carbocycles. The topological polar surface area (TPSA) is 237 Å². The van der Waals surface area contributed by atoms with E-state index in [0.29, 0.717) is 31.6 Å². The fourth-order valence-corrected chi connectivity index (χ4v) is 12.3. The maximum atomic E-state index is 13.0. The van der Waals surface area contributed by atoms with Crippen LogP contribution in [-0.4, -0.2) is 96.7 Å². The number of hydrogen-bond donors (Lipinski definition) is 3. The Bertz CT molecular complexity index is 1750. The summed E-state index contributed by atoms with van der Waals surface area (Å²) in [5.41, 5.74) is 0. The quantitative estimate of drug-likeness (QED) is 0.0222. The van der Waals surface area contributed by atoms with E-state index in [1.807, 2.05) is 0 Å². The minimum Gasteiger partial charge on any atom is -0.462 e. The van der Waals surface area contributed by atoms with Crippen molar-refractivity contribution < 1.29 is 80.2 Å². The maximum absolute atomic E-state index is 13.0. The number of carbonyl (C=O) groups is 4. The van der Waals surface area contributed by atoms with Crippen LogP contribution in [0.1, 0.15) is 363 Å². The summed E-state index contributed by atoms with van der Waals surface area (Å²) < 4.78 is 68.1. The van der Waals surface area contributed by atoms with Crippen LogP contribution in [0.25, 0.3) is 0 Å². The lowest BCUT2D eigenvalue weighted by atomic mass is 9.99. The van der Waals surface area contributed by atoms with Crippen molar-refractivity contribution in [3.63, 3.8) is 0 Å². The first-order valence-corrected chi connectivity index (χ1v) is 40.0. The summed E-state index contributed by atoms with van der Waals surface area (Å²) in [7, 11) is -9.89. The third kappa shape index (κ3) is 63.5. The number of hydrogen-bond acceptors (Lipinski definition) is 15. The molecule has 0 rings (SSSR count). The van der Waals surface area contributed by atoms with Gasteiger partial charge < -0.3 is 33.8 Å². The van der Waals surface area contributed by atoms with Gasteiger partial charge in [0.2, 0.25) is 0 Å². The highest BCUT2D eigenvalue weighted by Crippen LogP contribution is 2.45. The van der Waals surface area contributed by atoms with Crippen LogP contribution in [0.2, 0.25) is 0 Å². The standard InChI is InChI=1S/C71H138O17P2/c1-7-10-12-14-16-28-35-41-47-53-68(73)81-59-66(87-70(75)55-49-43-36-29-17-15-13-11-8-2)61-85-89(77,78)83-57-65(72)58-84-90(79,80)86-62-67(60-82-69(74)54-48-42-38-32-33-39-45-51-63(4)5)88-71(76)56-50-44-37-31-27-25-23-21-19-18-20-22-24-26-30-34-40-46-52-64(6)9-3/h63-67,72H,7-62H2,1-6H3,(H,77,78)(H,79,80)/t64?,65-,66+,67+/m0/s1. The Balaban J connectivity index is 5.11. The number of aliphatic hydroxyl groups excluding tert-OH is 1. The van der Waals surface area contributed by atoms with Gasteiger partial charge in [-0.05, 0) is 37.5 Å². The second-order valence-electron chi connectivity index (χ2n) is 26.3. The summed E-state index contributed by atoms with van der Waals surface area (Å²) in [6.07, 6.45) is 48.8. The molecule has 90 heavy (non-hydrogen) atoms. The van der Waals surface area contributed by atoms with Gasteiger partial charge in [0.25, 0.3) is 0 Å². The highest BCUT2D eigenvalue weighted by Gasteiger charge is 2.30. The Kier molecular flexibility index (Phi) is 61.8. The van der Waals surface area contributed by atoms with Gasteiger partial charge in [-0.15, -0.1) is 0 Å². The molecular weight excluding hydrogens is 1190 g/mol. The van der Waals surface area contributed by atoms with Gasteiger partial charge in [-0.2, -0.15) is 0 Å². The van der Waals surface area contributed by atoms with Crippen LogP contribution in [0, 0.1) is 11.8 Å². The number of unbranched alkanes of at least 4 members (excludes halogenated alkanes) is 39. The second-order valence-corrected chi connectivity index (χ2v) is 29.3. The molecular formula is C71H138O17P2. The van der Waals surface area contributed by atoms with E-state index in [9.17, 15) is 43.2 Å². The molecule has 0 bridgehead atoms. The monoisotopic (exact) mass is 1320 g/mol. The number of carbonyl (C=O) groups excluding carboxylic acids is 4. The van der Waals surface area contributed by atoms with Gasteiger partial charge in [-0.1, -0.05) is 311 Å². The third-order valence-corrected chi connectivity index (χ3v) is 18.7. The molecule has 3 N–H and O–H groups in total. The second kappa shape index (κ2) is 63.1. The van der Waals surface area contributed by atoms with Gasteiger partial charge in [0.15, 0.2) is 12.2 Å². The molecule has 0 aromatic heterocycles. The van der Waals surface area contributed by atoms with Crippen LogP contribution < -0.4 is 0 Å². The average molecular weight is 1330 g/mol. The smallest absolute Gasteiger partial charge is 0.462 e. The van der Waals surface area contributed by atoms with Crippen LogP contribution in [0.4, 0.5) is 0 Å². The lowest BCUT2D eigenvalue weighted by molar-refractivity contribution is -0.161. The summed E-state index contributed by atoms with van der Waals surface area (Å²) in [6.45, 7) is 9.53. The lowest BCUT2D eigenvalue weighted by Crippen LogP contribution is -2.30. The molecule has 0 heterocycles. The lowest BCUT2D eigenvalue weighted by Gasteiger charge is -2.21. The van der Waals surface area contributed by atoms with Gasteiger partial charge in [0.1, 0.15) is 19.3 Å². The van der Waals surface area contributed by atoms with E-state index < -0.39 is 97.5 Å². The molecule has 3 unspecified atom stereocenters. The minimum atomic E-state index is -4.95. The van der Waals surface area contributed by atoms with Crippen molar-refractivity contribution >= 4 is 39.5 Å². The normalized spacial score (nSPS) is 14.4. The Morgan fingerprint density at radius 2 is 0.567 bits per heavy atom. The van der Waals surface area contributed by atoms with Gasteiger partial charge in [0, 0.05) is 25.7 Å². The van der Waals surface area contributed by atoms with E-state index in [4.69, 9.17) is 37.0 Å². The van der Waals surface area contributed by atoms with Crippen LogP contribution in [0.3, 0.4) is 0 Å². The Hall–Kier alpha value is -1.94. The van der Waals surface area contributed by atoms with Gasteiger partial charge in [0.05, 0.1) is 26.4 Å². The van der Waals surface area contributed by atoms with E-state index in [1.165, 1.54) is 173 Å². The fourth-order valence-electron chi connectivity index (χ4n) is 10.7. The molecule has 0 amide bonds. The molecule has 534 valence electrons. The van der Waals surface area contributed by atoms with Gasteiger partial charge >= 0.3 is 39.5 Å². The van der Waals surface area contributed by atoms with Crippen LogP contribution in [0.15, 0.2) is 0 Å². The molecule has 0 aromatic rings. The van der Waals surface area contributed by atoms with Crippen molar-refractivity contribution in [2.45, 2.75) is 381 Å². The number of rotatable bonds is 70. The summed E-state index contributed by atoms with van der Waals surface area (Å²) in [4.78, 5) is 72.4. The summed E-state index contributed by atoms with van der Waals surface area (Å²) >= 11 is 0. The van der Waals surface area contributed by atoms with Crippen LogP contribution in [-0.2, 0) is 65.4 Å². The fraction of sp³-hybridized carbons (Fsp3) is 0.944. The van der Waals surface area contributed by atoms with Crippen LogP contribution in [0.5, 0.6) is 0 Å². The number of esters is 4. The molecule has 0 saturated heterocycles. The van der Waals surface area contributed by atoms with E-state index in [0.717, 1.165) is 102 Å². The third-order valence-electron chi connectivity index (χ3n) is 16.8. The predicted molar refractivity (Wildman–Crippen MR) is 363 cm³/mol.